The number of aromatic hydroxyl groups is 1. The molecule has 1 aromatic carbocycles. The second kappa shape index (κ2) is 4.10. The van der Waals surface area contributed by atoms with Crippen molar-refractivity contribution in [2.45, 2.75) is 19.8 Å². The summed E-state index contributed by atoms with van der Waals surface area (Å²) in [4.78, 5) is 7.01. The van der Waals surface area contributed by atoms with E-state index in [0.717, 1.165) is 47.7 Å². The standard InChI is InChI=1S/C17H16N2O/c1-11-9-14-15(10-11)18-17-13(16(14)20)7-8-19(17)12-5-3-2-4-6-12/h2-6,9H,7-8,10H2,1H3,(H,18,20). The van der Waals surface area contributed by atoms with Crippen molar-refractivity contribution in [2.24, 2.45) is 0 Å². The van der Waals surface area contributed by atoms with Gasteiger partial charge in [-0.05, 0) is 25.5 Å². The Bertz CT molecular complexity index is 720. The summed E-state index contributed by atoms with van der Waals surface area (Å²) in [7, 11) is 0. The minimum atomic E-state index is 0.431. The Morgan fingerprint density at radius 3 is 2.80 bits per heavy atom. The highest BCUT2D eigenvalue weighted by atomic mass is 16.3. The van der Waals surface area contributed by atoms with Crippen LogP contribution in [0.15, 0.2) is 35.9 Å². The highest BCUT2D eigenvalue weighted by molar-refractivity contribution is 5.76. The molecule has 0 saturated heterocycles. The molecule has 20 heavy (non-hydrogen) atoms. The third-order valence-corrected chi connectivity index (χ3v) is 4.11. The van der Waals surface area contributed by atoms with Crippen molar-refractivity contribution < 1.29 is 5.11 Å². The van der Waals surface area contributed by atoms with Gasteiger partial charge in [0.05, 0.1) is 5.69 Å². The number of hydrogen-bond acceptors (Lipinski definition) is 3. The molecule has 1 aliphatic heterocycles. The van der Waals surface area contributed by atoms with Crippen molar-refractivity contribution in [3.8, 4) is 5.75 Å². The lowest BCUT2D eigenvalue weighted by Crippen LogP contribution is -2.14. The predicted octanol–water partition coefficient (Wildman–Crippen LogP) is 3.44. The maximum atomic E-state index is 10.5. The summed E-state index contributed by atoms with van der Waals surface area (Å²) in [6.07, 6.45) is 3.76. The lowest BCUT2D eigenvalue weighted by molar-refractivity contribution is 0.467. The van der Waals surface area contributed by atoms with Gasteiger partial charge in [-0.15, -0.1) is 0 Å². The summed E-state index contributed by atoms with van der Waals surface area (Å²) in [6.45, 7) is 2.96. The Balaban J connectivity index is 1.85. The molecule has 0 bridgehead atoms. The fraction of sp³-hybridized carbons (Fsp3) is 0.235. The summed E-state index contributed by atoms with van der Waals surface area (Å²) in [5.74, 6) is 1.36. The first-order valence-corrected chi connectivity index (χ1v) is 6.98. The van der Waals surface area contributed by atoms with Gasteiger partial charge in [-0.25, -0.2) is 4.98 Å². The molecule has 0 spiro atoms. The number of para-hydroxylation sites is 1. The topological polar surface area (TPSA) is 36.4 Å². The quantitative estimate of drug-likeness (QED) is 0.857. The molecule has 0 unspecified atom stereocenters. The van der Waals surface area contributed by atoms with Crippen LogP contribution < -0.4 is 4.90 Å². The van der Waals surface area contributed by atoms with E-state index in [1.807, 2.05) is 18.2 Å². The third kappa shape index (κ3) is 1.56. The maximum Gasteiger partial charge on any atom is 0.140 e. The summed E-state index contributed by atoms with van der Waals surface area (Å²) in [6, 6.07) is 10.3. The Morgan fingerprint density at radius 1 is 1.20 bits per heavy atom. The van der Waals surface area contributed by atoms with Gasteiger partial charge in [0, 0.05) is 29.8 Å². The zero-order valence-electron chi connectivity index (χ0n) is 11.4. The van der Waals surface area contributed by atoms with E-state index in [1.54, 1.807) is 0 Å². The van der Waals surface area contributed by atoms with Crippen molar-refractivity contribution >= 4 is 17.6 Å². The number of pyridine rings is 1. The van der Waals surface area contributed by atoms with Crippen LogP contribution in [0.2, 0.25) is 0 Å². The molecule has 1 N–H and O–H groups in total. The van der Waals surface area contributed by atoms with Gasteiger partial charge >= 0.3 is 0 Å². The van der Waals surface area contributed by atoms with Crippen molar-refractivity contribution in [2.75, 3.05) is 11.4 Å². The Kier molecular flexibility index (Phi) is 2.36. The molecular weight excluding hydrogens is 248 g/mol. The Morgan fingerprint density at radius 2 is 2.00 bits per heavy atom. The SMILES string of the molecule is CC1=Cc2c(nc3c(c2O)CCN3c2ccccc2)C1. The van der Waals surface area contributed by atoms with E-state index in [1.165, 1.54) is 5.57 Å². The van der Waals surface area contributed by atoms with Gasteiger partial charge in [0.15, 0.2) is 0 Å². The molecule has 3 heteroatoms. The van der Waals surface area contributed by atoms with Crippen LogP contribution >= 0.6 is 0 Å². The van der Waals surface area contributed by atoms with Gasteiger partial charge in [0.25, 0.3) is 0 Å². The van der Waals surface area contributed by atoms with Crippen molar-refractivity contribution in [1.82, 2.24) is 4.98 Å². The molecule has 2 aromatic rings. The molecular formula is C17H16N2O. The van der Waals surface area contributed by atoms with Crippen LogP contribution in [0.5, 0.6) is 5.75 Å². The van der Waals surface area contributed by atoms with E-state index >= 15 is 0 Å². The van der Waals surface area contributed by atoms with Crippen molar-refractivity contribution in [3.05, 3.63) is 52.7 Å². The van der Waals surface area contributed by atoms with Crippen LogP contribution in [0.4, 0.5) is 11.5 Å². The first-order chi connectivity index (χ1) is 9.74. The summed E-state index contributed by atoms with van der Waals surface area (Å²) < 4.78 is 0. The first-order valence-electron chi connectivity index (χ1n) is 6.98. The van der Waals surface area contributed by atoms with Gasteiger partial charge in [0.1, 0.15) is 11.6 Å². The number of allylic oxidation sites excluding steroid dienone is 1. The van der Waals surface area contributed by atoms with Crippen LogP contribution in [0.1, 0.15) is 23.7 Å². The number of nitrogens with zero attached hydrogens (tertiary/aromatic N) is 2. The van der Waals surface area contributed by atoms with Crippen LogP contribution in [0.25, 0.3) is 6.08 Å². The lowest BCUT2D eigenvalue weighted by Gasteiger charge is -2.19. The number of anilines is 2. The highest BCUT2D eigenvalue weighted by Crippen LogP contribution is 2.43. The number of aromatic nitrogens is 1. The van der Waals surface area contributed by atoms with Gasteiger partial charge in [-0.2, -0.15) is 0 Å². The van der Waals surface area contributed by atoms with E-state index in [2.05, 4.69) is 30.0 Å². The monoisotopic (exact) mass is 264 g/mol. The smallest absolute Gasteiger partial charge is 0.140 e. The molecule has 1 aliphatic carbocycles. The lowest BCUT2D eigenvalue weighted by atomic mass is 10.1. The fourth-order valence-corrected chi connectivity index (χ4v) is 3.15. The molecule has 0 saturated carbocycles. The molecule has 3 nitrogen and oxygen atoms in total. The highest BCUT2D eigenvalue weighted by Gasteiger charge is 2.29. The van der Waals surface area contributed by atoms with Crippen LogP contribution in [0, 0.1) is 0 Å². The second-order valence-electron chi connectivity index (χ2n) is 5.53. The van der Waals surface area contributed by atoms with Gasteiger partial charge in [-0.3, -0.25) is 0 Å². The van der Waals surface area contributed by atoms with Gasteiger partial charge < -0.3 is 10.0 Å². The fourth-order valence-electron chi connectivity index (χ4n) is 3.15. The number of hydrogen-bond donors (Lipinski definition) is 1. The molecule has 0 amide bonds. The van der Waals surface area contributed by atoms with Crippen molar-refractivity contribution in [3.63, 3.8) is 0 Å². The summed E-state index contributed by atoms with van der Waals surface area (Å²) >= 11 is 0. The summed E-state index contributed by atoms with van der Waals surface area (Å²) in [5.41, 5.74) is 5.31. The molecule has 0 radical (unpaired) electrons. The average Bonchev–Trinajstić information content (AvgIpc) is 3.03. The third-order valence-electron chi connectivity index (χ3n) is 4.11. The van der Waals surface area contributed by atoms with E-state index in [9.17, 15) is 5.11 Å². The Hall–Kier alpha value is -2.29. The molecule has 1 aromatic heterocycles. The molecule has 100 valence electrons. The van der Waals surface area contributed by atoms with Gasteiger partial charge in [-0.1, -0.05) is 29.8 Å². The zero-order chi connectivity index (χ0) is 13.7. The van der Waals surface area contributed by atoms with E-state index < -0.39 is 0 Å². The van der Waals surface area contributed by atoms with Crippen molar-refractivity contribution in [1.29, 1.82) is 0 Å². The van der Waals surface area contributed by atoms with Crippen LogP contribution in [-0.2, 0) is 12.8 Å². The molecule has 0 atom stereocenters. The first kappa shape index (κ1) is 11.5. The predicted molar refractivity (Wildman–Crippen MR) is 80.4 cm³/mol. The van der Waals surface area contributed by atoms with E-state index in [4.69, 9.17) is 4.98 Å². The minimum Gasteiger partial charge on any atom is -0.507 e. The number of fused-ring (bicyclic) bond motifs is 2. The molecule has 4 rings (SSSR count). The maximum absolute atomic E-state index is 10.5. The van der Waals surface area contributed by atoms with E-state index in [-0.39, 0.29) is 0 Å². The largest absolute Gasteiger partial charge is 0.507 e. The van der Waals surface area contributed by atoms with Crippen LogP contribution in [-0.4, -0.2) is 16.6 Å². The summed E-state index contributed by atoms with van der Waals surface area (Å²) in [5, 5.41) is 10.5. The second-order valence-corrected chi connectivity index (χ2v) is 5.53. The average molecular weight is 264 g/mol. The minimum absolute atomic E-state index is 0.431. The number of benzene rings is 1. The normalized spacial score (nSPS) is 16.1. The van der Waals surface area contributed by atoms with Crippen LogP contribution in [0.3, 0.4) is 0 Å². The van der Waals surface area contributed by atoms with Gasteiger partial charge in [0.2, 0.25) is 0 Å². The Labute approximate surface area is 118 Å². The molecule has 2 heterocycles. The molecule has 2 aliphatic rings. The number of rotatable bonds is 1. The van der Waals surface area contributed by atoms with E-state index in [0.29, 0.717) is 5.75 Å². The molecule has 0 fully saturated rings. The zero-order valence-corrected chi connectivity index (χ0v) is 11.4.